The number of primary amides is 1. The van der Waals surface area contributed by atoms with Gasteiger partial charge in [-0.3, -0.25) is 9.59 Å². The lowest BCUT2D eigenvalue weighted by atomic mass is 10.2. The molecule has 4 nitrogen and oxygen atoms in total. The largest absolute Gasteiger partial charge is 0.370 e. The Morgan fingerprint density at radius 2 is 1.89 bits per heavy atom. The van der Waals surface area contributed by atoms with Crippen molar-refractivity contribution in [2.24, 2.45) is 5.73 Å². The van der Waals surface area contributed by atoms with E-state index < -0.39 is 11.2 Å². The van der Waals surface area contributed by atoms with E-state index in [0.717, 1.165) is 5.56 Å². The number of amides is 2. The number of thioether (sulfide) groups is 1. The Morgan fingerprint density at radius 3 is 2.39 bits per heavy atom. The third-order valence-electron chi connectivity index (χ3n) is 2.40. The highest BCUT2D eigenvalue weighted by Crippen LogP contribution is 2.21. The zero-order chi connectivity index (χ0) is 13.5. The first-order valence-corrected chi connectivity index (χ1v) is 6.70. The number of carbonyl (C=O) groups excluding carboxylic acids is 2. The predicted octanol–water partition coefficient (Wildman–Crippen LogP) is 1.25. The predicted molar refractivity (Wildman–Crippen MR) is 74.0 cm³/mol. The molecule has 0 bridgehead atoms. The van der Waals surface area contributed by atoms with E-state index in [4.69, 9.17) is 5.73 Å². The van der Waals surface area contributed by atoms with Crippen LogP contribution in [-0.2, 0) is 15.3 Å². The standard InChI is InChI=1S/C13H18N2O2S/c1-15(2)13(17)11(8-12(14)16)18-9-10-6-4-3-5-7-10/h3-7,11H,8-9H2,1-2H3,(H2,14,16). The van der Waals surface area contributed by atoms with Gasteiger partial charge in [-0.15, -0.1) is 11.8 Å². The fourth-order valence-electron chi connectivity index (χ4n) is 1.46. The molecule has 2 N–H and O–H groups in total. The molecule has 1 aromatic carbocycles. The van der Waals surface area contributed by atoms with Crippen molar-refractivity contribution in [1.82, 2.24) is 4.90 Å². The summed E-state index contributed by atoms with van der Waals surface area (Å²) in [5.74, 6) is 0.170. The summed E-state index contributed by atoms with van der Waals surface area (Å²) in [5, 5.41) is -0.405. The molecule has 1 rings (SSSR count). The van der Waals surface area contributed by atoms with Crippen LogP contribution in [0, 0.1) is 0 Å². The van der Waals surface area contributed by atoms with Crippen molar-refractivity contribution in [2.75, 3.05) is 14.1 Å². The average Bonchev–Trinajstić information content (AvgIpc) is 2.34. The Kier molecular flexibility index (Phi) is 5.71. The van der Waals surface area contributed by atoms with E-state index in [1.54, 1.807) is 14.1 Å². The highest BCUT2D eigenvalue weighted by Gasteiger charge is 2.22. The van der Waals surface area contributed by atoms with Crippen molar-refractivity contribution in [3.63, 3.8) is 0 Å². The highest BCUT2D eigenvalue weighted by molar-refractivity contribution is 7.99. The number of nitrogens with two attached hydrogens (primary N) is 1. The van der Waals surface area contributed by atoms with Gasteiger partial charge >= 0.3 is 0 Å². The monoisotopic (exact) mass is 266 g/mol. The molecule has 0 heterocycles. The van der Waals surface area contributed by atoms with Crippen LogP contribution in [0.5, 0.6) is 0 Å². The normalized spacial score (nSPS) is 11.9. The molecule has 1 atom stereocenters. The van der Waals surface area contributed by atoms with Crippen molar-refractivity contribution >= 4 is 23.6 Å². The van der Waals surface area contributed by atoms with Gasteiger partial charge in [-0.1, -0.05) is 30.3 Å². The zero-order valence-electron chi connectivity index (χ0n) is 10.6. The lowest BCUT2D eigenvalue weighted by molar-refractivity contribution is -0.130. The van der Waals surface area contributed by atoms with Crippen LogP contribution in [0.1, 0.15) is 12.0 Å². The van der Waals surface area contributed by atoms with Gasteiger partial charge in [0.25, 0.3) is 0 Å². The number of hydrogen-bond acceptors (Lipinski definition) is 3. The molecule has 1 unspecified atom stereocenters. The molecule has 0 aliphatic carbocycles. The second kappa shape index (κ2) is 7.06. The summed E-state index contributed by atoms with van der Waals surface area (Å²) in [6.07, 6.45) is 0.0779. The van der Waals surface area contributed by atoms with E-state index in [9.17, 15) is 9.59 Å². The first-order chi connectivity index (χ1) is 8.50. The summed E-state index contributed by atoms with van der Waals surface area (Å²) in [4.78, 5) is 24.4. The van der Waals surface area contributed by atoms with E-state index in [0.29, 0.717) is 5.75 Å². The summed E-state index contributed by atoms with van der Waals surface area (Å²) in [5.41, 5.74) is 6.31. The molecule has 0 aliphatic rings. The molecular formula is C13H18N2O2S. The van der Waals surface area contributed by atoms with Crippen molar-refractivity contribution in [3.05, 3.63) is 35.9 Å². The minimum absolute atomic E-state index is 0.0743. The first-order valence-electron chi connectivity index (χ1n) is 5.65. The van der Waals surface area contributed by atoms with E-state index in [1.165, 1.54) is 16.7 Å². The maximum atomic E-state index is 11.9. The third-order valence-corrected chi connectivity index (χ3v) is 3.67. The van der Waals surface area contributed by atoms with Gasteiger partial charge in [0.15, 0.2) is 0 Å². The van der Waals surface area contributed by atoms with Gasteiger partial charge in [0.05, 0.1) is 5.25 Å². The minimum Gasteiger partial charge on any atom is -0.370 e. The Morgan fingerprint density at radius 1 is 1.28 bits per heavy atom. The second-order valence-electron chi connectivity index (χ2n) is 4.19. The van der Waals surface area contributed by atoms with Crippen LogP contribution in [-0.4, -0.2) is 36.1 Å². The van der Waals surface area contributed by atoms with Crippen LogP contribution in [0.4, 0.5) is 0 Å². The van der Waals surface area contributed by atoms with Crippen molar-refractivity contribution < 1.29 is 9.59 Å². The summed E-state index contributed by atoms with van der Waals surface area (Å²) in [6.45, 7) is 0. The van der Waals surface area contributed by atoms with Gasteiger partial charge in [0.1, 0.15) is 0 Å². The summed E-state index contributed by atoms with van der Waals surface area (Å²) in [6, 6.07) is 9.84. The van der Waals surface area contributed by atoms with Crippen LogP contribution in [0.2, 0.25) is 0 Å². The molecular weight excluding hydrogens is 248 g/mol. The molecule has 0 aromatic heterocycles. The average molecular weight is 266 g/mol. The Balaban J connectivity index is 2.61. The van der Waals surface area contributed by atoms with Crippen LogP contribution in [0.15, 0.2) is 30.3 Å². The fourth-order valence-corrected chi connectivity index (χ4v) is 2.68. The molecule has 0 radical (unpaired) electrons. The SMILES string of the molecule is CN(C)C(=O)C(CC(N)=O)SCc1ccccc1. The van der Waals surface area contributed by atoms with Gasteiger partial charge < -0.3 is 10.6 Å². The van der Waals surface area contributed by atoms with E-state index >= 15 is 0 Å². The van der Waals surface area contributed by atoms with Gasteiger partial charge in [0, 0.05) is 26.3 Å². The first kappa shape index (κ1) is 14.6. The molecule has 0 saturated carbocycles. The summed E-state index contributed by atoms with van der Waals surface area (Å²) in [7, 11) is 3.36. The fraction of sp³-hybridized carbons (Fsp3) is 0.385. The Hall–Kier alpha value is -1.49. The topological polar surface area (TPSA) is 63.4 Å². The van der Waals surface area contributed by atoms with Crippen LogP contribution in [0.25, 0.3) is 0 Å². The number of carbonyl (C=O) groups is 2. The van der Waals surface area contributed by atoms with Crippen LogP contribution >= 0.6 is 11.8 Å². The zero-order valence-corrected chi connectivity index (χ0v) is 11.4. The number of nitrogens with zero attached hydrogens (tertiary/aromatic N) is 1. The maximum absolute atomic E-state index is 11.9. The number of hydrogen-bond donors (Lipinski definition) is 1. The molecule has 0 aliphatic heterocycles. The molecule has 0 fully saturated rings. The van der Waals surface area contributed by atoms with Crippen LogP contribution in [0.3, 0.4) is 0 Å². The van der Waals surface area contributed by atoms with Crippen LogP contribution < -0.4 is 5.73 Å². The summed E-state index contributed by atoms with van der Waals surface area (Å²) < 4.78 is 0. The molecule has 2 amide bonds. The van der Waals surface area contributed by atoms with Crippen molar-refractivity contribution in [1.29, 1.82) is 0 Å². The van der Waals surface area contributed by atoms with Gasteiger partial charge in [-0.05, 0) is 5.56 Å². The smallest absolute Gasteiger partial charge is 0.235 e. The van der Waals surface area contributed by atoms with E-state index in [2.05, 4.69) is 0 Å². The molecule has 5 heteroatoms. The third kappa shape index (κ3) is 4.79. The lowest BCUT2D eigenvalue weighted by Gasteiger charge is -2.19. The molecule has 18 heavy (non-hydrogen) atoms. The summed E-state index contributed by atoms with van der Waals surface area (Å²) >= 11 is 1.45. The van der Waals surface area contributed by atoms with E-state index in [1.807, 2.05) is 30.3 Å². The second-order valence-corrected chi connectivity index (χ2v) is 5.38. The quantitative estimate of drug-likeness (QED) is 0.843. The number of rotatable bonds is 6. The lowest BCUT2D eigenvalue weighted by Crippen LogP contribution is -2.34. The highest BCUT2D eigenvalue weighted by atomic mass is 32.2. The van der Waals surface area contributed by atoms with E-state index in [-0.39, 0.29) is 12.3 Å². The molecule has 0 spiro atoms. The number of benzene rings is 1. The molecule has 0 saturated heterocycles. The maximum Gasteiger partial charge on any atom is 0.235 e. The van der Waals surface area contributed by atoms with Gasteiger partial charge in [0.2, 0.25) is 11.8 Å². The molecule has 98 valence electrons. The van der Waals surface area contributed by atoms with Crippen molar-refractivity contribution in [3.8, 4) is 0 Å². The Labute approximate surface area is 112 Å². The van der Waals surface area contributed by atoms with Gasteiger partial charge in [-0.25, -0.2) is 0 Å². The minimum atomic E-state index is -0.448. The molecule has 1 aromatic rings. The van der Waals surface area contributed by atoms with Crippen molar-refractivity contribution in [2.45, 2.75) is 17.4 Å². The van der Waals surface area contributed by atoms with Gasteiger partial charge in [-0.2, -0.15) is 0 Å². The Bertz CT molecular complexity index is 407.